The molecule has 1 aromatic carbocycles. The van der Waals surface area contributed by atoms with Gasteiger partial charge >= 0.3 is 0 Å². The van der Waals surface area contributed by atoms with E-state index in [4.69, 9.17) is 0 Å². The number of benzene rings is 1. The number of hydrogen-bond donors (Lipinski definition) is 1. The molecule has 120 valence electrons. The van der Waals surface area contributed by atoms with Crippen LogP contribution in [0.1, 0.15) is 27.7 Å². The summed E-state index contributed by atoms with van der Waals surface area (Å²) in [5.41, 5.74) is 0.957. The molecule has 0 radical (unpaired) electrons. The Bertz CT molecular complexity index is 526. The van der Waals surface area contributed by atoms with Crippen molar-refractivity contribution in [2.75, 3.05) is 26.0 Å². The molecule has 0 atom stereocenters. The Labute approximate surface area is 129 Å². The highest BCUT2D eigenvalue weighted by Crippen LogP contribution is 2.22. The summed E-state index contributed by atoms with van der Waals surface area (Å²) in [6, 6.07) is 6.96. The van der Waals surface area contributed by atoms with E-state index >= 15 is 0 Å². The fourth-order valence-corrected chi connectivity index (χ4v) is 3.33. The van der Waals surface area contributed by atoms with Crippen LogP contribution in [0.3, 0.4) is 0 Å². The summed E-state index contributed by atoms with van der Waals surface area (Å²) in [4.78, 5) is 0.322. The first-order valence-corrected chi connectivity index (χ1v) is 8.86. The summed E-state index contributed by atoms with van der Waals surface area (Å²) in [5, 5.41) is 3.41. The normalized spacial score (nSPS) is 12.7. The fraction of sp³-hybridized carbons (Fsp3) is 0.625. The van der Waals surface area contributed by atoms with Crippen molar-refractivity contribution in [1.29, 1.82) is 0 Å². The largest absolute Gasteiger partial charge is 0.385 e. The molecular formula is C16H28N2O2S. The zero-order chi connectivity index (χ0) is 16.2. The number of anilines is 1. The van der Waals surface area contributed by atoms with E-state index in [0.717, 1.165) is 12.2 Å². The Morgan fingerprint density at radius 1 is 1.00 bits per heavy atom. The minimum Gasteiger partial charge on any atom is -0.385 e. The van der Waals surface area contributed by atoms with Crippen LogP contribution in [0.4, 0.5) is 5.69 Å². The van der Waals surface area contributed by atoms with Crippen molar-refractivity contribution < 1.29 is 8.42 Å². The zero-order valence-electron chi connectivity index (χ0n) is 13.9. The fourth-order valence-electron chi connectivity index (χ4n) is 2.43. The molecule has 0 aliphatic rings. The van der Waals surface area contributed by atoms with Gasteiger partial charge in [-0.3, -0.25) is 0 Å². The van der Waals surface area contributed by atoms with Crippen LogP contribution in [0.2, 0.25) is 0 Å². The second kappa shape index (κ2) is 7.27. The van der Waals surface area contributed by atoms with E-state index in [0.29, 0.717) is 22.6 Å². The van der Waals surface area contributed by atoms with Crippen LogP contribution in [0.25, 0.3) is 0 Å². The van der Waals surface area contributed by atoms with Gasteiger partial charge < -0.3 is 5.32 Å². The smallest absolute Gasteiger partial charge is 0.242 e. The number of rotatable bonds is 7. The Kier molecular flexibility index (Phi) is 6.23. The summed E-state index contributed by atoms with van der Waals surface area (Å²) >= 11 is 0. The van der Waals surface area contributed by atoms with Crippen molar-refractivity contribution in [3.05, 3.63) is 24.3 Å². The van der Waals surface area contributed by atoms with Gasteiger partial charge in [0.15, 0.2) is 0 Å². The summed E-state index contributed by atoms with van der Waals surface area (Å²) in [6.07, 6.45) is 0. The highest BCUT2D eigenvalue weighted by Gasteiger charge is 2.18. The van der Waals surface area contributed by atoms with Crippen LogP contribution >= 0.6 is 0 Å². The van der Waals surface area contributed by atoms with Crippen LogP contribution in [0.15, 0.2) is 29.2 Å². The van der Waals surface area contributed by atoms with Gasteiger partial charge in [0.2, 0.25) is 10.0 Å². The van der Waals surface area contributed by atoms with E-state index in [1.54, 1.807) is 12.1 Å². The maximum absolute atomic E-state index is 12.0. The first-order chi connectivity index (χ1) is 9.66. The molecule has 0 amide bonds. The van der Waals surface area contributed by atoms with Gasteiger partial charge in [0.25, 0.3) is 0 Å². The Morgan fingerprint density at radius 3 is 1.86 bits per heavy atom. The molecule has 0 aliphatic heterocycles. The lowest BCUT2D eigenvalue weighted by molar-refractivity contribution is 0.304. The van der Waals surface area contributed by atoms with E-state index in [2.05, 4.69) is 33.0 Å². The second-order valence-corrected chi connectivity index (χ2v) is 8.50. The average molecular weight is 312 g/mol. The van der Waals surface area contributed by atoms with Gasteiger partial charge in [-0.25, -0.2) is 12.7 Å². The van der Waals surface area contributed by atoms with Gasteiger partial charge in [-0.2, -0.15) is 0 Å². The lowest BCUT2D eigenvalue weighted by Crippen LogP contribution is -2.24. The van der Waals surface area contributed by atoms with Crippen molar-refractivity contribution in [3.63, 3.8) is 0 Å². The Hall–Kier alpha value is -1.07. The maximum atomic E-state index is 12.0. The average Bonchev–Trinajstić information content (AvgIpc) is 2.38. The molecule has 4 nitrogen and oxygen atoms in total. The molecule has 0 aromatic heterocycles. The predicted molar refractivity (Wildman–Crippen MR) is 89.0 cm³/mol. The molecule has 0 spiro atoms. The number of nitrogens with one attached hydrogen (secondary N) is 1. The molecule has 0 unspecified atom stereocenters. The monoisotopic (exact) mass is 312 g/mol. The molecule has 0 fully saturated rings. The summed E-state index contributed by atoms with van der Waals surface area (Å²) in [7, 11) is -0.268. The molecule has 0 bridgehead atoms. The zero-order valence-corrected chi connectivity index (χ0v) is 14.7. The standard InChI is InChI=1S/C16H28N2O2S/c1-12(2)16(13(3)4)11-17-14-7-9-15(10-8-14)21(19,20)18(5)6/h7-10,12-13,16-17H,11H2,1-6H3. The van der Waals surface area contributed by atoms with Gasteiger partial charge in [-0.05, 0) is 42.0 Å². The van der Waals surface area contributed by atoms with Crippen LogP contribution in [0, 0.1) is 17.8 Å². The SMILES string of the molecule is CC(C)C(CNc1ccc(S(=O)(=O)N(C)C)cc1)C(C)C. The van der Waals surface area contributed by atoms with E-state index in [1.807, 2.05) is 12.1 Å². The number of nitrogens with zero attached hydrogens (tertiary/aromatic N) is 1. The van der Waals surface area contributed by atoms with E-state index in [9.17, 15) is 8.42 Å². The van der Waals surface area contributed by atoms with Gasteiger partial charge in [-0.1, -0.05) is 27.7 Å². The minimum absolute atomic E-state index is 0.322. The summed E-state index contributed by atoms with van der Waals surface area (Å²) in [5.74, 6) is 1.83. The van der Waals surface area contributed by atoms with Crippen molar-refractivity contribution >= 4 is 15.7 Å². The first-order valence-electron chi connectivity index (χ1n) is 7.42. The van der Waals surface area contributed by atoms with Gasteiger partial charge in [0, 0.05) is 26.3 Å². The van der Waals surface area contributed by atoms with E-state index < -0.39 is 10.0 Å². The third-order valence-corrected chi connectivity index (χ3v) is 5.72. The second-order valence-electron chi connectivity index (χ2n) is 6.34. The summed E-state index contributed by atoms with van der Waals surface area (Å²) in [6.45, 7) is 9.84. The lowest BCUT2D eigenvalue weighted by Gasteiger charge is -2.25. The molecule has 1 aromatic rings. The third kappa shape index (κ3) is 4.71. The highest BCUT2D eigenvalue weighted by molar-refractivity contribution is 7.89. The van der Waals surface area contributed by atoms with E-state index in [-0.39, 0.29) is 0 Å². The van der Waals surface area contributed by atoms with Crippen LogP contribution in [0.5, 0.6) is 0 Å². The van der Waals surface area contributed by atoms with Crippen molar-refractivity contribution in [1.82, 2.24) is 4.31 Å². The van der Waals surface area contributed by atoms with Crippen molar-refractivity contribution in [2.24, 2.45) is 17.8 Å². The minimum atomic E-state index is -3.35. The quantitative estimate of drug-likeness (QED) is 0.840. The molecule has 1 rings (SSSR count). The molecule has 5 heteroatoms. The topological polar surface area (TPSA) is 49.4 Å². The van der Waals surface area contributed by atoms with Gasteiger partial charge in [-0.15, -0.1) is 0 Å². The number of sulfonamides is 1. The summed E-state index contributed by atoms with van der Waals surface area (Å²) < 4.78 is 25.2. The van der Waals surface area contributed by atoms with Gasteiger partial charge in [0.1, 0.15) is 0 Å². The molecule has 0 saturated heterocycles. The highest BCUT2D eigenvalue weighted by atomic mass is 32.2. The predicted octanol–water partition coefficient (Wildman–Crippen LogP) is 3.28. The Balaban J connectivity index is 2.76. The van der Waals surface area contributed by atoms with Crippen LogP contribution in [-0.4, -0.2) is 33.4 Å². The number of hydrogen-bond acceptors (Lipinski definition) is 3. The van der Waals surface area contributed by atoms with Crippen LogP contribution in [-0.2, 0) is 10.0 Å². The molecule has 1 N–H and O–H groups in total. The van der Waals surface area contributed by atoms with Gasteiger partial charge in [0.05, 0.1) is 4.90 Å². The molecular weight excluding hydrogens is 284 g/mol. The van der Waals surface area contributed by atoms with Crippen molar-refractivity contribution in [3.8, 4) is 0 Å². The molecule has 21 heavy (non-hydrogen) atoms. The molecule has 0 aliphatic carbocycles. The van der Waals surface area contributed by atoms with E-state index in [1.165, 1.54) is 18.4 Å². The maximum Gasteiger partial charge on any atom is 0.242 e. The lowest BCUT2D eigenvalue weighted by atomic mass is 9.85. The van der Waals surface area contributed by atoms with Crippen LogP contribution < -0.4 is 5.32 Å². The molecule has 0 heterocycles. The molecule has 0 saturated carbocycles. The first kappa shape index (κ1) is 18.0. The Morgan fingerprint density at radius 2 is 1.48 bits per heavy atom. The van der Waals surface area contributed by atoms with Crippen molar-refractivity contribution in [2.45, 2.75) is 32.6 Å². The third-order valence-electron chi connectivity index (χ3n) is 3.89.